The molecule has 2 unspecified atom stereocenters. The number of rotatable bonds is 0. The lowest BCUT2D eigenvalue weighted by atomic mass is 9.65. The summed E-state index contributed by atoms with van der Waals surface area (Å²) >= 11 is 0. The van der Waals surface area contributed by atoms with Crippen LogP contribution in [0.5, 0.6) is 0 Å². The molecule has 4 saturated heterocycles. The summed E-state index contributed by atoms with van der Waals surface area (Å²) in [6.07, 6.45) is 4.51. The van der Waals surface area contributed by atoms with Crippen molar-refractivity contribution in [1.82, 2.24) is 4.90 Å². The van der Waals surface area contributed by atoms with Gasteiger partial charge in [-0.1, -0.05) is 29.8 Å². The van der Waals surface area contributed by atoms with Crippen LogP contribution in [0.2, 0.25) is 0 Å². The van der Waals surface area contributed by atoms with Crippen molar-refractivity contribution < 1.29 is 5.11 Å². The van der Waals surface area contributed by atoms with Crippen LogP contribution in [0.25, 0.3) is 0 Å². The van der Waals surface area contributed by atoms with Crippen LogP contribution in [0.4, 0.5) is 5.69 Å². The van der Waals surface area contributed by atoms with Crippen molar-refractivity contribution in [2.75, 3.05) is 18.5 Å². The zero-order chi connectivity index (χ0) is 15.5. The molecular weight excluding hydrogens is 284 g/mol. The Hall–Kier alpha value is -1.32. The average Bonchev–Trinajstić information content (AvgIpc) is 2.98. The highest BCUT2D eigenvalue weighted by atomic mass is 16.3. The topological polar surface area (TPSA) is 26.7 Å². The van der Waals surface area contributed by atoms with E-state index in [1.807, 2.05) is 0 Å². The Kier molecular flexibility index (Phi) is 2.17. The average molecular weight is 308 g/mol. The number of allylic oxidation sites excluding steroid dienone is 1. The summed E-state index contributed by atoms with van der Waals surface area (Å²) in [5.74, 6) is 1.05. The van der Waals surface area contributed by atoms with Crippen LogP contribution in [-0.4, -0.2) is 47.8 Å². The van der Waals surface area contributed by atoms with E-state index in [1.54, 1.807) is 5.57 Å². The van der Waals surface area contributed by atoms with Crippen molar-refractivity contribution in [3.05, 3.63) is 41.5 Å². The fraction of sp³-hybridized carbons (Fsp3) is 0.600. The first-order valence-electron chi connectivity index (χ1n) is 9.09. The number of hydrogen-bond donors (Lipinski definition) is 1. The zero-order valence-corrected chi connectivity index (χ0v) is 13.8. The van der Waals surface area contributed by atoms with E-state index < -0.39 is 0 Å². The van der Waals surface area contributed by atoms with Gasteiger partial charge in [0.15, 0.2) is 0 Å². The number of hydrogen-bond acceptors (Lipinski definition) is 3. The number of anilines is 1. The van der Waals surface area contributed by atoms with Gasteiger partial charge >= 0.3 is 0 Å². The molecule has 23 heavy (non-hydrogen) atoms. The second kappa shape index (κ2) is 3.84. The Morgan fingerprint density at radius 2 is 2.09 bits per heavy atom. The van der Waals surface area contributed by atoms with Gasteiger partial charge in [-0.25, -0.2) is 0 Å². The number of aliphatic hydroxyl groups excluding tert-OH is 1. The maximum atomic E-state index is 11.6. The smallest absolute Gasteiger partial charge is 0.0707 e. The van der Waals surface area contributed by atoms with Gasteiger partial charge in [-0.15, -0.1) is 0 Å². The van der Waals surface area contributed by atoms with Crippen molar-refractivity contribution >= 4 is 5.69 Å². The summed E-state index contributed by atoms with van der Waals surface area (Å²) in [6.45, 7) is 3.31. The lowest BCUT2D eigenvalue weighted by Gasteiger charge is -2.58. The number of fused-ring (bicyclic) bond motifs is 2. The molecule has 5 heterocycles. The van der Waals surface area contributed by atoms with E-state index in [0.29, 0.717) is 30.0 Å². The van der Waals surface area contributed by atoms with E-state index >= 15 is 0 Å². The molecule has 3 nitrogen and oxygen atoms in total. The number of likely N-dealkylation sites (N-methyl/N-ethyl adjacent to an activating group) is 1. The lowest BCUT2D eigenvalue weighted by molar-refractivity contribution is -0.0345. The highest BCUT2D eigenvalue weighted by Crippen LogP contribution is 2.67. The minimum absolute atomic E-state index is 0.0280. The Bertz CT molecular complexity index is 743. The summed E-state index contributed by atoms with van der Waals surface area (Å²) in [7, 11) is 2.25. The standard InChI is InChI=1S/C20H24N2O/c1-3-11-10-22-15-8-12(11)17-16(22)9-20(19(17)23)13-6-4-5-7-14(13)21(2)18(15)20/h3-7,12,15-19,23H,8-10H2,1-2H3/b11-3-/t12-,15-,16-,17-,18-,19?,20+/m0/s1. The van der Waals surface area contributed by atoms with Gasteiger partial charge in [0.05, 0.1) is 12.1 Å². The van der Waals surface area contributed by atoms with Crippen molar-refractivity contribution in [2.24, 2.45) is 11.8 Å². The molecule has 0 amide bonds. The van der Waals surface area contributed by atoms with Crippen LogP contribution in [0.1, 0.15) is 25.3 Å². The zero-order valence-electron chi connectivity index (χ0n) is 13.8. The van der Waals surface area contributed by atoms with Crippen LogP contribution >= 0.6 is 0 Å². The number of piperidine rings is 4. The fourth-order valence-corrected chi connectivity index (χ4v) is 7.35. The van der Waals surface area contributed by atoms with Crippen LogP contribution in [-0.2, 0) is 5.41 Å². The first-order valence-corrected chi connectivity index (χ1v) is 9.09. The maximum Gasteiger partial charge on any atom is 0.0707 e. The highest BCUT2D eigenvalue weighted by molar-refractivity contribution is 5.67. The first kappa shape index (κ1) is 13.0. The summed E-state index contributed by atoms with van der Waals surface area (Å²) in [4.78, 5) is 5.25. The molecule has 0 radical (unpaired) electrons. The summed E-state index contributed by atoms with van der Waals surface area (Å²) < 4.78 is 0. The monoisotopic (exact) mass is 308 g/mol. The number of nitrogens with zero attached hydrogens (tertiary/aromatic N) is 2. The largest absolute Gasteiger partial charge is 0.392 e. The molecular formula is C20H24N2O. The van der Waals surface area contributed by atoms with Gasteiger partial charge in [0.2, 0.25) is 0 Å². The molecule has 1 aromatic carbocycles. The fourth-order valence-electron chi connectivity index (χ4n) is 7.35. The van der Waals surface area contributed by atoms with Gasteiger partial charge in [-0.2, -0.15) is 0 Å². The predicted molar refractivity (Wildman–Crippen MR) is 90.6 cm³/mol. The van der Waals surface area contributed by atoms with E-state index in [1.165, 1.54) is 17.7 Å². The van der Waals surface area contributed by atoms with Crippen LogP contribution in [0, 0.1) is 11.8 Å². The van der Waals surface area contributed by atoms with E-state index in [0.717, 1.165) is 13.0 Å². The molecule has 120 valence electrons. The predicted octanol–water partition coefficient (Wildman–Crippen LogP) is 2.16. The van der Waals surface area contributed by atoms with E-state index in [2.05, 4.69) is 54.1 Å². The summed E-state index contributed by atoms with van der Waals surface area (Å²) in [5.41, 5.74) is 4.32. The maximum absolute atomic E-state index is 11.6. The van der Waals surface area contributed by atoms with Crippen LogP contribution < -0.4 is 4.90 Å². The number of aliphatic hydroxyl groups is 1. The van der Waals surface area contributed by atoms with E-state index in [9.17, 15) is 5.11 Å². The molecule has 6 aliphatic rings. The minimum atomic E-state index is -0.196. The van der Waals surface area contributed by atoms with Crippen LogP contribution in [0.3, 0.4) is 0 Å². The third-order valence-corrected chi connectivity index (χ3v) is 8.00. The van der Waals surface area contributed by atoms with Gasteiger partial charge < -0.3 is 10.0 Å². The Balaban J connectivity index is 1.62. The third kappa shape index (κ3) is 1.17. The molecule has 1 saturated carbocycles. The molecule has 8 atom stereocenters. The molecule has 1 aromatic rings. The van der Waals surface area contributed by atoms with Gasteiger partial charge in [0, 0.05) is 42.7 Å². The molecule has 3 heteroatoms. The molecule has 7 rings (SSSR count). The minimum Gasteiger partial charge on any atom is -0.392 e. The summed E-state index contributed by atoms with van der Waals surface area (Å²) in [5, 5.41) is 11.6. The molecule has 0 aromatic heterocycles. The summed E-state index contributed by atoms with van der Waals surface area (Å²) in [6, 6.07) is 10.5. The molecule has 1 aliphatic carbocycles. The van der Waals surface area contributed by atoms with E-state index in [-0.39, 0.29) is 11.5 Å². The van der Waals surface area contributed by atoms with Gasteiger partial charge in [0.1, 0.15) is 0 Å². The Morgan fingerprint density at radius 1 is 1.26 bits per heavy atom. The highest BCUT2D eigenvalue weighted by Gasteiger charge is 2.74. The molecule has 1 spiro atoms. The second-order valence-corrected chi connectivity index (χ2v) is 8.35. The molecule has 5 aliphatic heterocycles. The molecule has 5 bridgehead atoms. The molecule has 1 N–H and O–H groups in total. The van der Waals surface area contributed by atoms with Gasteiger partial charge in [-0.05, 0) is 37.3 Å². The number of benzene rings is 1. The van der Waals surface area contributed by atoms with Crippen molar-refractivity contribution in [1.29, 1.82) is 0 Å². The van der Waals surface area contributed by atoms with Gasteiger partial charge in [0.25, 0.3) is 0 Å². The van der Waals surface area contributed by atoms with Crippen molar-refractivity contribution in [3.63, 3.8) is 0 Å². The SMILES string of the molecule is C/C=C1/CN2[C@H]3C[C@@]45c6ccccc6N(C)[C@H]4[C@@H]2C[C@@H]1[C@@H]3C5O. The van der Waals surface area contributed by atoms with Crippen LogP contribution in [0.15, 0.2) is 35.9 Å². The molecule has 5 fully saturated rings. The van der Waals surface area contributed by atoms with Crippen molar-refractivity contribution in [2.45, 2.75) is 49.4 Å². The van der Waals surface area contributed by atoms with Gasteiger partial charge in [-0.3, -0.25) is 4.90 Å². The first-order chi connectivity index (χ1) is 11.2. The lowest BCUT2D eigenvalue weighted by Crippen LogP contribution is -2.68. The Labute approximate surface area is 137 Å². The Morgan fingerprint density at radius 3 is 2.91 bits per heavy atom. The second-order valence-electron chi connectivity index (χ2n) is 8.35. The third-order valence-electron chi connectivity index (χ3n) is 8.00. The number of para-hydroxylation sites is 1. The van der Waals surface area contributed by atoms with Crippen molar-refractivity contribution in [3.8, 4) is 0 Å². The quantitative estimate of drug-likeness (QED) is 0.744. The van der Waals surface area contributed by atoms with E-state index in [4.69, 9.17) is 0 Å². The normalized spacial score (nSPS) is 53.1.